The summed E-state index contributed by atoms with van der Waals surface area (Å²) in [4.78, 5) is 11.3. The van der Waals surface area contributed by atoms with Crippen LogP contribution in [0.1, 0.15) is 13.8 Å². The Kier molecular flexibility index (Phi) is 2.61. The summed E-state index contributed by atoms with van der Waals surface area (Å²) in [5.74, 6) is 1.08. The van der Waals surface area contributed by atoms with Crippen molar-refractivity contribution in [2.24, 2.45) is 17.3 Å². The second kappa shape index (κ2) is 3.14. The first-order valence-corrected chi connectivity index (χ1v) is 4.40. The maximum Gasteiger partial charge on any atom is 0.323 e. The molecule has 2 fully saturated rings. The fourth-order valence-electron chi connectivity index (χ4n) is 2.58. The number of rotatable bonds is 1. The minimum Gasteiger partial charge on any atom is -0.468 e. The van der Waals surface area contributed by atoms with E-state index in [2.05, 4.69) is 19.2 Å². The Labute approximate surface area is 84.6 Å². The van der Waals surface area contributed by atoms with Gasteiger partial charge in [-0.05, 0) is 23.8 Å². The van der Waals surface area contributed by atoms with Crippen molar-refractivity contribution in [2.45, 2.75) is 19.9 Å². The Balaban J connectivity index is 0.000000845. The molecule has 1 heterocycles. The number of hydrogen-bond acceptors (Lipinski definition) is 3. The zero-order valence-corrected chi connectivity index (χ0v) is 8.98. The molecular weight excluding hydrogens is 190 g/mol. The molecule has 1 N–H and O–H groups in total. The lowest BCUT2D eigenvalue weighted by atomic mass is 10.0. The maximum atomic E-state index is 11.3. The van der Waals surface area contributed by atoms with Crippen molar-refractivity contribution in [1.29, 1.82) is 0 Å². The first-order chi connectivity index (χ1) is 5.59. The Morgan fingerprint density at radius 1 is 1.54 bits per heavy atom. The van der Waals surface area contributed by atoms with Gasteiger partial charge < -0.3 is 10.1 Å². The van der Waals surface area contributed by atoms with Crippen LogP contribution >= 0.6 is 12.4 Å². The number of piperidine rings is 1. The average Bonchev–Trinajstić information content (AvgIpc) is 2.52. The van der Waals surface area contributed by atoms with Gasteiger partial charge in [-0.3, -0.25) is 4.79 Å². The summed E-state index contributed by atoms with van der Waals surface area (Å²) in [6.45, 7) is 5.41. The van der Waals surface area contributed by atoms with Crippen molar-refractivity contribution < 1.29 is 9.53 Å². The molecule has 76 valence electrons. The standard InChI is InChI=1S/C9H15NO2.ClH/c1-9(2)5-4-10-7(6(5)9)8(11)12-3;/h5-7,10H,4H2,1-3H3;1H/t5?,6?,7-;/m0./s1. The fraction of sp³-hybridized carbons (Fsp3) is 0.889. The molecule has 0 aromatic heterocycles. The highest BCUT2D eigenvalue weighted by atomic mass is 35.5. The molecule has 0 amide bonds. The van der Waals surface area contributed by atoms with Crippen molar-refractivity contribution in [3.63, 3.8) is 0 Å². The molecule has 0 spiro atoms. The van der Waals surface area contributed by atoms with E-state index in [1.54, 1.807) is 0 Å². The second-order valence-electron chi connectivity index (χ2n) is 4.36. The van der Waals surface area contributed by atoms with Gasteiger partial charge in [-0.1, -0.05) is 13.8 Å². The van der Waals surface area contributed by atoms with Crippen LogP contribution in [-0.2, 0) is 9.53 Å². The Bertz CT molecular complexity index is 230. The van der Waals surface area contributed by atoms with E-state index in [0.29, 0.717) is 17.3 Å². The SMILES string of the molecule is COC(=O)[C@H]1NCC2C1C2(C)C.Cl. The monoisotopic (exact) mass is 205 g/mol. The highest BCUT2D eigenvalue weighted by molar-refractivity contribution is 5.85. The highest BCUT2D eigenvalue weighted by Gasteiger charge is 2.66. The van der Waals surface area contributed by atoms with Crippen LogP contribution in [0.15, 0.2) is 0 Å². The van der Waals surface area contributed by atoms with E-state index in [-0.39, 0.29) is 24.4 Å². The van der Waals surface area contributed by atoms with Crippen LogP contribution in [-0.4, -0.2) is 25.7 Å². The molecular formula is C9H16ClNO2. The molecule has 3 atom stereocenters. The van der Waals surface area contributed by atoms with E-state index in [1.165, 1.54) is 7.11 Å². The third kappa shape index (κ3) is 1.34. The first kappa shape index (κ1) is 10.8. The van der Waals surface area contributed by atoms with Gasteiger partial charge in [-0.15, -0.1) is 12.4 Å². The highest BCUT2D eigenvalue weighted by Crippen LogP contribution is 2.62. The van der Waals surface area contributed by atoms with Gasteiger partial charge in [0.25, 0.3) is 0 Å². The van der Waals surface area contributed by atoms with Gasteiger partial charge in [0.15, 0.2) is 0 Å². The quantitative estimate of drug-likeness (QED) is 0.645. The molecule has 2 unspecified atom stereocenters. The van der Waals surface area contributed by atoms with Gasteiger partial charge in [0.2, 0.25) is 0 Å². The minimum atomic E-state index is -0.104. The van der Waals surface area contributed by atoms with Crippen LogP contribution in [0.4, 0.5) is 0 Å². The summed E-state index contributed by atoms with van der Waals surface area (Å²) in [5, 5.41) is 3.19. The van der Waals surface area contributed by atoms with Crippen molar-refractivity contribution in [2.75, 3.05) is 13.7 Å². The molecule has 0 bridgehead atoms. The largest absolute Gasteiger partial charge is 0.468 e. The van der Waals surface area contributed by atoms with Crippen molar-refractivity contribution in [3.05, 3.63) is 0 Å². The summed E-state index contributed by atoms with van der Waals surface area (Å²) in [6, 6.07) is -0.0463. The Morgan fingerprint density at radius 3 is 2.54 bits per heavy atom. The topological polar surface area (TPSA) is 38.3 Å². The van der Waals surface area contributed by atoms with Crippen molar-refractivity contribution >= 4 is 18.4 Å². The van der Waals surface area contributed by atoms with Crippen LogP contribution < -0.4 is 5.32 Å². The molecule has 1 saturated heterocycles. The smallest absolute Gasteiger partial charge is 0.323 e. The molecule has 1 saturated carbocycles. The molecule has 0 aromatic carbocycles. The predicted octanol–water partition coefficient (Wildman–Crippen LogP) is 0.825. The van der Waals surface area contributed by atoms with Crippen molar-refractivity contribution in [1.82, 2.24) is 5.32 Å². The van der Waals surface area contributed by atoms with E-state index in [4.69, 9.17) is 4.74 Å². The zero-order chi connectivity index (χ0) is 8.93. The normalized spacial score (nSPS) is 38.8. The summed E-state index contributed by atoms with van der Waals surface area (Å²) in [7, 11) is 1.45. The molecule has 1 aliphatic heterocycles. The molecule has 1 aliphatic carbocycles. The number of hydrogen-bond donors (Lipinski definition) is 1. The molecule has 4 heteroatoms. The summed E-state index contributed by atoms with van der Waals surface area (Å²) in [5.41, 5.74) is 0.351. The first-order valence-electron chi connectivity index (χ1n) is 4.40. The molecule has 2 rings (SSSR count). The van der Waals surface area contributed by atoms with Gasteiger partial charge in [-0.25, -0.2) is 0 Å². The van der Waals surface area contributed by atoms with E-state index < -0.39 is 0 Å². The van der Waals surface area contributed by atoms with Crippen molar-refractivity contribution in [3.8, 4) is 0 Å². The number of esters is 1. The number of halogens is 1. The Hall–Kier alpha value is -0.280. The molecule has 13 heavy (non-hydrogen) atoms. The van der Waals surface area contributed by atoms with Gasteiger partial charge in [0, 0.05) is 0 Å². The summed E-state index contributed by atoms with van der Waals surface area (Å²) >= 11 is 0. The van der Waals surface area contributed by atoms with Crippen LogP contribution in [0.25, 0.3) is 0 Å². The van der Waals surface area contributed by atoms with Gasteiger partial charge >= 0.3 is 5.97 Å². The second-order valence-corrected chi connectivity index (χ2v) is 4.36. The van der Waals surface area contributed by atoms with Crippen LogP contribution in [0.5, 0.6) is 0 Å². The Morgan fingerprint density at radius 2 is 2.15 bits per heavy atom. The van der Waals surface area contributed by atoms with E-state index >= 15 is 0 Å². The lowest BCUT2D eigenvalue weighted by molar-refractivity contribution is -0.143. The van der Waals surface area contributed by atoms with E-state index in [9.17, 15) is 4.79 Å². The van der Waals surface area contributed by atoms with E-state index in [0.717, 1.165) is 6.54 Å². The number of methoxy groups -OCH3 is 1. The molecule has 0 aromatic rings. The van der Waals surface area contributed by atoms with E-state index in [1.807, 2.05) is 0 Å². The average molecular weight is 206 g/mol. The zero-order valence-electron chi connectivity index (χ0n) is 8.16. The third-order valence-corrected chi connectivity index (χ3v) is 3.51. The molecule has 3 nitrogen and oxygen atoms in total. The predicted molar refractivity (Wildman–Crippen MR) is 51.8 cm³/mol. The lowest BCUT2D eigenvalue weighted by Crippen LogP contribution is -2.38. The maximum absolute atomic E-state index is 11.3. The van der Waals surface area contributed by atoms with Crippen LogP contribution in [0.2, 0.25) is 0 Å². The third-order valence-electron chi connectivity index (χ3n) is 3.51. The number of fused-ring (bicyclic) bond motifs is 1. The summed E-state index contributed by atoms with van der Waals surface area (Å²) < 4.78 is 4.72. The number of nitrogens with one attached hydrogen (secondary N) is 1. The molecule has 2 aliphatic rings. The number of carbonyl (C=O) groups excluding carboxylic acids is 1. The van der Waals surface area contributed by atoms with Crippen LogP contribution in [0.3, 0.4) is 0 Å². The van der Waals surface area contributed by atoms with Gasteiger partial charge in [-0.2, -0.15) is 0 Å². The number of ether oxygens (including phenoxy) is 1. The van der Waals surface area contributed by atoms with Gasteiger partial charge in [0.05, 0.1) is 7.11 Å². The minimum absolute atomic E-state index is 0. The lowest BCUT2D eigenvalue weighted by Gasteiger charge is -2.16. The summed E-state index contributed by atoms with van der Waals surface area (Å²) in [6.07, 6.45) is 0. The van der Waals surface area contributed by atoms with Gasteiger partial charge in [0.1, 0.15) is 6.04 Å². The molecule has 0 radical (unpaired) electrons. The number of carbonyl (C=O) groups is 1. The fourth-order valence-corrected chi connectivity index (χ4v) is 2.58. The van der Waals surface area contributed by atoms with Crippen LogP contribution in [0, 0.1) is 17.3 Å².